The Bertz CT molecular complexity index is 396. The molecule has 4 heteroatoms. The highest BCUT2D eigenvalue weighted by Gasteiger charge is 2.47. The summed E-state index contributed by atoms with van der Waals surface area (Å²) in [4.78, 5) is 0. The minimum atomic E-state index is -3.05. The van der Waals surface area contributed by atoms with Crippen LogP contribution in [-0.4, -0.2) is 20.1 Å². The van der Waals surface area contributed by atoms with Crippen molar-refractivity contribution in [1.29, 1.82) is 0 Å². The predicted molar refractivity (Wildman–Crippen MR) is 48.9 cm³/mol. The zero-order chi connectivity index (χ0) is 9.47. The van der Waals surface area contributed by atoms with Gasteiger partial charge in [-0.3, -0.25) is 0 Å². The number of hydrogen-bond acceptors (Lipinski definition) is 3. The average Bonchev–Trinajstić information content (AvgIpc) is 2.83. The molecule has 0 amide bonds. The van der Waals surface area contributed by atoms with Gasteiger partial charge in [-0.05, 0) is 5.56 Å². The summed E-state index contributed by atoms with van der Waals surface area (Å²) in [5.74, 6) is 0. The maximum absolute atomic E-state index is 11.1. The summed E-state index contributed by atoms with van der Waals surface area (Å²) in [6.45, 7) is 0. The van der Waals surface area contributed by atoms with Crippen LogP contribution in [-0.2, 0) is 14.6 Å². The minimum Gasteiger partial charge on any atom is -0.347 e. The van der Waals surface area contributed by atoms with Crippen molar-refractivity contribution in [1.82, 2.24) is 0 Å². The maximum Gasteiger partial charge on any atom is 0.189 e. The van der Waals surface area contributed by atoms with E-state index in [4.69, 9.17) is 4.74 Å². The van der Waals surface area contributed by atoms with Crippen molar-refractivity contribution < 1.29 is 13.2 Å². The van der Waals surface area contributed by atoms with E-state index in [-0.39, 0.29) is 6.10 Å². The van der Waals surface area contributed by atoms with Crippen LogP contribution >= 0.6 is 0 Å². The Balaban J connectivity index is 2.18. The molecule has 2 rings (SSSR count). The SMILES string of the molecule is CS(=O)(=O)[C@H]1O[C@H]1c1ccccc1. The van der Waals surface area contributed by atoms with E-state index in [0.717, 1.165) is 5.56 Å². The first-order valence-electron chi connectivity index (χ1n) is 3.98. The first-order chi connectivity index (χ1) is 6.09. The Labute approximate surface area is 77.3 Å². The Morgan fingerprint density at radius 1 is 1.23 bits per heavy atom. The third-order valence-corrected chi connectivity index (χ3v) is 3.20. The summed E-state index contributed by atoms with van der Waals surface area (Å²) in [6, 6.07) is 9.37. The fraction of sp³-hybridized carbons (Fsp3) is 0.333. The lowest BCUT2D eigenvalue weighted by Gasteiger charge is -1.92. The van der Waals surface area contributed by atoms with Gasteiger partial charge in [-0.25, -0.2) is 8.42 Å². The van der Waals surface area contributed by atoms with E-state index in [2.05, 4.69) is 0 Å². The molecule has 0 unspecified atom stereocenters. The fourth-order valence-corrected chi connectivity index (χ4v) is 2.23. The van der Waals surface area contributed by atoms with E-state index < -0.39 is 15.3 Å². The van der Waals surface area contributed by atoms with E-state index in [1.54, 1.807) is 0 Å². The second-order valence-corrected chi connectivity index (χ2v) is 5.29. The van der Waals surface area contributed by atoms with Crippen LogP contribution in [0, 0.1) is 0 Å². The molecule has 0 N–H and O–H groups in total. The van der Waals surface area contributed by atoms with Crippen LogP contribution in [0.3, 0.4) is 0 Å². The Morgan fingerprint density at radius 3 is 2.31 bits per heavy atom. The molecule has 1 saturated heterocycles. The van der Waals surface area contributed by atoms with Gasteiger partial charge in [0.2, 0.25) is 0 Å². The fourth-order valence-electron chi connectivity index (χ4n) is 1.30. The van der Waals surface area contributed by atoms with Crippen LogP contribution in [0.4, 0.5) is 0 Å². The summed E-state index contributed by atoms with van der Waals surface area (Å²) in [5.41, 5.74) is 0.299. The van der Waals surface area contributed by atoms with E-state index in [1.165, 1.54) is 6.26 Å². The van der Waals surface area contributed by atoms with Gasteiger partial charge in [-0.1, -0.05) is 30.3 Å². The summed E-state index contributed by atoms with van der Waals surface area (Å²) < 4.78 is 27.2. The second kappa shape index (κ2) is 2.82. The quantitative estimate of drug-likeness (QED) is 0.669. The van der Waals surface area contributed by atoms with Crippen molar-refractivity contribution in [2.24, 2.45) is 0 Å². The van der Waals surface area contributed by atoms with Crippen LogP contribution in [0.1, 0.15) is 11.7 Å². The van der Waals surface area contributed by atoms with Gasteiger partial charge in [0.1, 0.15) is 6.10 Å². The highest BCUT2D eigenvalue weighted by molar-refractivity contribution is 7.91. The number of sulfone groups is 1. The number of epoxide rings is 1. The summed E-state index contributed by atoms with van der Waals surface area (Å²) >= 11 is 0. The summed E-state index contributed by atoms with van der Waals surface area (Å²) in [7, 11) is -3.05. The Kier molecular flexibility index (Phi) is 1.89. The number of hydrogen-bond donors (Lipinski definition) is 0. The molecule has 70 valence electrons. The average molecular weight is 198 g/mol. The van der Waals surface area contributed by atoms with Gasteiger partial charge in [0, 0.05) is 6.26 Å². The highest BCUT2D eigenvalue weighted by atomic mass is 32.2. The maximum atomic E-state index is 11.1. The van der Waals surface area contributed by atoms with E-state index in [1.807, 2.05) is 30.3 Å². The van der Waals surface area contributed by atoms with Gasteiger partial charge in [-0.15, -0.1) is 0 Å². The predicted octanol–water partition coefficient (Wildman–Crippen LogP) is 1.13. The monoisotopic (exact) mass is 198 g/mol. The summed E-state index contributed by atoms with van der Waals surface area (Å²) in [6.07, 6.45) is 0.942. The molecule has 1 aliphatic heterocycles. The van der Waals surface area contributed by atoms with Gasteiger partial charge < -0.3 is 4.74 Å². The molecule has 13 heavy (non-hydrogen) atoms. The molecule has 2 atom stereocenters. The second-order valence-electron chi connectivity index (χ2n) is 3.17. The number of ether oxygens (including phenoxy) is 1. The Morgan fingerprint density at radius 2 is 1.85 bits per heavy atom. The molecule has 0 aliphatic carbocycles. The van der Waals surface area contributed by atoms with E-state index in [0.29, 0.717) is 0 Å². The van der Waals surface area contributed by atoms with Crippen LogP contribution in [0.5, 0.6) is 0 Å². The zero-order valence-corrected chi connectivity index (χ0v) is 7.99. The van der Waals surface area contributed by atoms with Crippen LogP contribution in [0.25, 0.3) is 0 Å². The molecule has 1 aromatic carbocycles. The lowest BCUT2D eigenvalue weighted by molar-refractivity contribution is 0.399. The van der Waals surface area contributed by atoms with Crippen molar-refractivity contribution >= 4 is 9.84 Å². The summed E-state index contributed by atoms with van der Waals surface area (Å²) in [5, 5.41) is 0. The normalized spacial score (nSPS) is 27.2. The van der Waals surface area contributed by atoms with Crippen LogP contribution in [0.2, 0.25) is 0 Å². The molecule has 1 aliphatic rings. The molecule has 1 heterocycles. The molecular formula is C9H10O3S. The van der Waals surface area contributed by atoms with Crippen molar-refractivity contribution in [3.63, 3.8) is 0 Å². The molecular weight excluding hydrogens is 188 g/mol. The molecule has 3 nitrogen and oxygen atoms in total. The lowest BCUT2D eigenvalue weighted by Crippen LogP contribution is -2.05. The van der Waals surface area contributed by atoms with Crippen molar-refractivity contribution in [3.8, 4) is 0 Å². The first kappa shape index (κ1) is 8.72. The third kappa shape index (κ3) is 1.73. The molecule has 0 radical (unpaired) electrons. The Hall–Kier alpha value is -0.870. The van der Waals surface area contributed by atoms with Crippen molar-refractivity contribution in [2.75, 3.05) is 6.26 Å². The van der Waals surface area contributed by atoms with E-state index in [9.17, 15) is 8.42 Å². The number of rotatable bonds is 2. The van der Waals surface area contributed by atoms with Gasteiger partial charge in [0.25, 0.3) is 0 Å². The van der Waals surface area contributed by atoms with Crippen molar-refractivity contribution in [3.05, 3.63) is 35.9 Å². The van der Waals surface area contributed by atoms with E-state index >= 15 is 0 Å². The zero-order valence-electron chi connectivity index (χ0n) is 7.17. The highest BCUT2D eigenvalue weighted by Crippen LogP contribution is 2.41. The molecule has 1 aromatic rings. The van der Waals surface area contributed by atoms with Crippen LogP contribution in [0.15, 0.2) is 30.3 Å². The molecule has 0 aromatic heterocycles. The van der Waals surface area contributed by atoms with Gasteiger partial charge in [0.15, 0.2) is 15.3 Å². The smallest absolute Gasteiger partial charge is 0.189 e. The topological polar surface area (TPSA) is 46.7 Å². The largest absolute Gasteiger partial charge is 0.347 e. The molecule has 0 spiro atoms. The van der Waals surface area contributed by atoms with Crippen molar-refractivity contribution in [2.45, 2.75) is 11.5 Å². The standard InChI is InChI=1S/C9H10O3S/c1-13(10,11)9-8(12-9)7-5-3-2-4-6-7/h2-6,8-9H,1H3/t8-,9+/m0/s1. The lowest BCUT2D eigenvalue weighted by atomic mass is 10.2. The number of benzene rings is 1. The minimum absolute atomic E-state index is 0.254. The van der Waals surface area contributed by atoms with Gasteiger partial charge in [-0.2, -0.15) is 0 Å². The molecule has 0 saturated carbocycles. The molecule has 1 fully saturated rings. The molecule has 0 bridgehead atoms. The van der Waals surface area contributed by atoms with Crippen LogP contribution < -0.4 is 0 Å². The first-order valence-corrected chi connectivity index (χ1v) is 5.94. The van der Waals surface area contributed by atoms with Gasteiger partial charge >= 0.3 is 0 Å². The third-order valence-electron chi connectivity index (χ3n) is 2.00. The van der Waals surface area contributed by atoms with Gasteiger partial charge in [0.05, 0.1) is 0 Å².